The van der Waals surface area contributed by atoms with Gasteiger partial charge in [0.25, 0.3) is 0 Å². The van der Waals surface area contributed by atoms with Crippen LogP contribution in [0, 0.1) is 0 Å². The molecular weight excluding hydrogens is 390 g/mol. The Morgan fingerprint density at radius 3 is 2.32 bits per heavy atom. The SMILES string of the molecule is COc1ccc(C(Cc2ccncc2)c2ccc(C(=O)O)cc2)cc1OC1CCCC1. The zero-order valence-electron chi connectivity index (χ0n) is 17.7. The van der Waals surface area contributed by atoms with Gasteiger partial charge in [-0.1, -0.05) is 18.2 Å². The molecule has 4 rings (SSSR count). The molecule has 1 aliphatic carbocycles. The highest BCUT2D eigenvalue weighted by molar-refractivity contribution is 5.87. The van der Waals surface area contributed by atoms with Crippen LogP contribution in [0.15, 0.2) is 67.0 Å². The lowest BCUT2D eigenvalue weighted by Crippen LogP contribution is -2.12. The minimum Gasteiger partial charge on any atom is -0.493 e. The first kappa shape index (κ1) is 20.9. The smallest absolute Gasteiger partial charge is 0.335 e. The molecule has 1 N–H and O–H groups in total. The number of aromatic nitrogens is 1. The van der Waals surface area contributed by atoms with Gasteiger partial charge in [-0.25, -0.2) is 4.79 Å². The van der Waals surface area contributed by atoms with Crippen molar-refractivity contribution in [2.24, 2.45) is 0 Å². The monoisotopic (exact) mass is 417 g/mol. The number of carboxylic acids is 1. The number of hydrogen-bond acceptors (Lipinski definition) is 4. The Bertz CT molecular complexity index is 1010. The third-order valence-electron chi connectivity index (χ3n) is 5.94. The molecule has 1 fully saturated rings. The zero-order chi connectivity index (χ0) is 21.6. The molecule has 1 saturated carbocycles. The topological polar surface area (TPSA) is 68.7 Å². The Labute approximate surface area is 182 Å². The Hall–Kier alpha value is -3.34. The zero-order valence-corrected chi connectivity index (χ0v) is 17.7. The van der Waals surface area contributed by atoms with Gasteiger partial charge in [0.15, 0.2) is 11.5 Å². The second-order valence-electron chi connectivity index (χ2n) is 7.97. The van der Waals surface area contributed by atoms with E-state index >= 15 is 0 Å². The second kappa shape index (κ2) is 9.65. The fourth-order valence-electron chi connectivity index (χ4n) is 4.23. The molecule has 5 nitrogen and oxygen atoms in total. The van der Waals surface area contributed by atoms with Crippen LogP contribution in [0.1, 0.15) is 58.6 Å². The molecule has 0 bridgehead atoms. The number of benzene rings is 2. The molecule has 0 aliphatic heterocycles. The normalized spacial score (nSPS) is 14.9. The first-order chi connectivity index (χ1) is 15.1. The maximum atomic E-state index is 11.3. The number of carbonyl (C=O) groups is 1. The summed E-state index contributed by atoms with van der Waals surface area (Å²) in [5.41, 5.74) is 3.61. The van der Waals surface area contributed by atoms with Crippen molar-refractivity contribution in [3.8, 4) is 11.5 Å². The summed E-state index contributed by atoms with van der Waals surface area (Å²) in [4.78, 5) is 15.4. The van der Waals surface area contributed by atoms with E-state index in [4.69, 9.17) is 9.47 Å². The number of hydrogen-bond donors (Lipinski definition) is 1. The Kier molecular flexibility index (Phi) is 6.51. The number of carboxylic acid groups (broad SMARTS) is 1. The van der Waals surface area contributed by atoms with Crippen LogP contribution in [-0.2, 0) is 6.42 Å². The van der Waals surface area contributed by atoms with E-state index in [1.54, 1.807) is 31.6 Å². The molecule has 5 heteroatoms. The molecule has 31 heavy (non-hydrogen) atoms. The molecule has 3 aromatic rings. The van der Waals surface area contributed by atoms with Gasteiger partial charge in [-0.2, -0.15) is 0 Å². The van der Waals surface area contributed by atoms with Crippen molar-refractivity contribution in [2.75, 3.05) is 7.11 Å². The van der Waals surface area contributed by atoms with E-state index in [-0.39, 0.29) is 17.6 Å². The molecule has 0 saturated heterocycles. The van der Waals surface area contributed by atoms with Gasteiger partial charge in [-0.15, -0.1) is 0 Å². The predicted octanol–water partition coefficient (Wildman–Crippen LogP) is 5.48. The first-order valence-electron chi connectivity index (χ1n) is 10.7. The lowest BCUT2D eigenvalue weighted by Gasteiger charge is -2.22. The van der Waals surface area contributed by atoms with E-state index in [2.05, 4.69) is 17.1 Å². The van der Waals surface area contributed by atoms with Crippen LogP contribution in [0.4, 0.5) is 0 Å². The van der Waals surface area contributed by atoms with Gasteiger partial charge >= 0.3 is 5.97 Å². The van der Waals surface area contributed by atoms with E-state index in [9.17, 15) is 9.90 Å². The van der Waals surface area contributed by atoms with Crippen LogP contribution in [0.25, 0.3) is 0 Å². The molecule has 2 aromatic carbocycles. The number of ether oxygens (including phenoxy) is 2. The Balaban J connectivity index is 1.70. The third kappa shape index (κ3) is 5.05. The van der Waals surface area contributed by atoms with Crippen LogP contribution in [0.5, 0.6) is 11.5 Å². The lowest BCUT2D eigenvalue weighted by atomic mass is 9.85. The molecular formula is C26H27NO4. The summed E-state index contributed by atoms with van der Waals surface area (Å²) in [6, 6.07) is 17.3. The summed E-state index contributed by atoms with van der Waals surface area (Å²) in [7, 11) is 1.66. The van der Waals surface area contributed by atoms with Crippen molar-refractivity contribution >= 4 is 5.97 Å². The molecule has 0 amide bonds. The van der Waals surface area contributed by atoms with Crippen LogP contribution in [-0.4, -0.2) is 29.3 Å². The molecule has 0 spiro atoms. The molecule has 1 unspecified atom stereocenters. The molecule has 1 aliphatic rings. The van der Waals surface area contributed by atoms with Gasteiger partial charge in [-0.05, 0) is 85.2 Å². The highest BCUT2D eigenvalue weighted by Gasteiger charge is 2.21. The van der Waals surface area contributed by atoms with Crippen molar-refractivity contribution in [1.29, 1.82) is 0 Å². The van der Waals surface area contributed by atoms with E-state index in [1.807, 2.05) is 30.3 Å². The third-order valence-corrected chi connectivity index (χ3v) is 5.94. The van der Waals surface area contributed by atoms with Crippen LogP contribution in [0.3, 0.4) is 0 Å². The Morgan fingerprint density at radius 2 is 1.68 bits per heavy atom. The van der Waals surface area contributed by atoms with Crippen LogP contribution < -0.4 is 9.47 Å². The van der Waals surface area contributed by atoms with Gasteiger partial charge < -0.3 is 14.6 Å². The average molecular weight is 418 g/mol. The van der Waals surface area contributed by atoms with Crippen molar-refractivity contribution < 1.29 is 19.4 Å². The number of pyridine rings is 1. The summed E-state index contributed by atoms with van der Waals surface area (Å²) in [6.45, 7) is 0. The van der Waals surface area contributed by atoms with E-state index in [1.165, 1.54) is 12.8 Å². The van der Waals surface area contributed by atoms with Crippen molar-refractivity contribution in [1.82, 2.24) is 4.98 Å². The fraction of sp³-hybridized carbons (Fsp3) is 0.308. The summed E-state index contributed by atoms with van der Waals surface area (Å²) in [5.74, 6) is 0.629. The maximum Gasteiger partial charge on any atom is 0.335 e. The van der Waals surface area contributed by atoms with Crippen LogP contribution >= 0.6 is 0 Å². The largest absolute Gasteiger partial charge is 0.493 e. The van der Waals surface area contributed by atoms with E-state index in [0.29, 0.717) is 0 Å². The summed E-state index contributed by atoms with van der Waals surface area (Å²) in [5, 5.41) is 9.26. The average Bonchev–Trinajstić information content (AvgIpc) is 3.31. The van der Waals surface area contributed by atoms with Gasteiger partial charge in [0.05, 0.1) is 18.8 Å². The number of aromatic carboxylic acids is 1. The van der Waals surface area contributed by atoms with E-state index < -0.39 is 5.97 Å². The van der Waals surface area contributed by atoms with Gasteiger partial charge in [0.2, 0.25) is 0 Å². The summed E-state index contributed by atoms with van der Waals surface area (Å²) < 4.78 is 11.9. The maximum absolute atomic E-state index is 11.3. The highest BCUT2D eigenvalue weighted by Crippen LogP contribution is 2.37. The number of nitrogens with zero attached hydrogens (tertiary/aromatic N) is 1. The van der Waals surface area contributed by atoms with Crippen molar-refractivity contribution in [2.45, 2.75) is 44.1 Å². The predicted molar refractivity (Wildman–Crippen MR) is 119 cm³/mol. The van der Waals surface area contributed by atoms with Gasteiger partial charge in [0, 0.05) is 18.3 Å². The lowest BCUT2D eigenvalue weighted by molar-refractivity contribution is 0.0697. The molecule has 1 aromatic heterocycles. The second-order valence-corrected chi connectivity index (χ2v) is 7.97. The molecule has 160 valence electrons. The highest BCUT2D eigenvalue weighted by atomic mass is 16.5. The molecule has 1 heterocycles. The Morgan fingerprint density at radius 1 is 1.00 bits per heavy atom. The van der Waals surface area contributed by atoms with E-state index in [0.717, 1.165) is 47.5 Å². The number of rotatable bonds is 8. The number of methoxy groups -OCH3 is 1. The van der Waals surface area contributed by atoms with Crippen LogP contribution in [0.2, 0.25) is 0 Å². The van der Waals surface area contributed by atoms with Gasteiger partial charge in [-0.3, -0.25) is 4.98 Å². The standard InChI is InChI=1S/C26H27NO4/c1-30-24-11-10-21(17-25(24)31-22-4-2-3-5-22)23(16-18-12-14-27-15-13-18)19-6-8-20(9-7-19)26(28)29/h6-15,17,22-23H,2-5,16H2,1H3,(H,28,29). The minimum atomic E-state index is -0.922. The quantitative estimate of drug-likeness (QED) is 0.525. The van der Waals surface area contributed by atoms with Crippen molar-refractivity contribution in [3.63, 3.8) is 0 Å². The van der Waals surface area contributed by atoms with Gasteiger partial charge in [0.1, 0.15) is 0 Å². The fourth-order valence-corrected chi connectivity index (χ4v) is 4.23. The summed E-state index contributed by atoms with van der Waals surface area (Å²) >= 11 is 0. The first-order valence-corrected chi connectivity index (χ1v) is 10.7. The minimum absolute atomic E-state index is 0.0436. The van der Waals surface area contributed by atoms with Crippen molar-refractivity contribution in [3.05, 3.63) is 89.2 Å². The summed E-state index contributed by atoms with van der Waals surface area (Å²) in [6.07, 6.45) is 9.14. The molecule has 1 atom stereocenters. The molecule has 0 radical (unpaired) electrons.